The molecule has 0 aliphatic heterocycles. The third-order valence-electron chi connectivity index (χ3n) is 2.76. The molecule has 0 aliphatic carbocycles. The van der Waals surface area contributed by atoms with Crippen molar-refractivity contribution in [3.8, 4) is 0 Å². The molecule has 1 unspecified atom stereocenters. The quantitative estimate of drug-likeness (QED) is 0.747. The molecule has 0 aromatic carbocycles. The van der Waals surface area contributed by atoms with Crippen LogP contribution in [0.1, 0.15) is 60.2 Å². The van der Waals surface area contributed by atoms with Crippen LogP contribution in [0.4, 0.5) is 0 Å². The maximum Gasteiger partial charge on any atom is 0.337 e. The number of rotatable bonds is 7. The van der Waals surface area contributed by atoms with E-state index >= 15 is 0 Å². The molecule has 1 aromatic rings. The number of aromatic carboxylic acids is 1. The van der Waals surface area contributed by atoms with Gasteiger partial charge in [-0.1, -0.05) is 26.2 Å². The van der Waals surface area contributed by atoms with Crippen molar-refractivity contribution < 1.29 is 14.7 Å². The standard InChI is InChI=1S/C13H19NO3S/c1-3-4-5-6-9(2)14-12(15)10-7-18-8-11(10)13(16)17/h7-9H,3-6H2,1-2H3,(H,14,15)(H,16,17). The fraction of sp³-hybridized carbons (Fsp3) is 0.538. The first-order valence-corrected chi connectivity index (χ1v) is 7.10. The third kappa shape index (κ3) is 4.14. The second kappa shape index (κ2) is 7.16. The minimum absolute atomic E-state index is 0.0746. The predicted octanol–water partition coefficient (Wildman–Crippen LogP) is 3.14. The lowest BCUT2D eigenvalue weighted by molar-refractivity contribution is 0.0691. The normalized spacial score (nSPS) is 12.1. The van der Waals surface area contributed by atoms with Crippen molar-refractivity contribution in [2.45, 2.75) is 45.6 Å². The van der Waals surface area contributed by atoms with Gasteiger partial charge in [-0.2, -0.15) is 11.3 Å². The van der Waals surface area contributed by atoms with Crippen LogP contribution in [0.2, 0.25) is 0 Å². The molecule has 0 fully saturated rings. The summed E-state index contributed by atoms with van der Waals surface area (Å²) in [5.41, 5.74) is 0.341. The molecule has 4 nitrogen and oxygen atoms in total. The van der Waals surface area contributed by atoms with Gasteiger partial charge in [0.1, 0.15) is 0 Å². The molecule has 100 valence electrons. The maximum absolute atomic E-state index is 11.9. The molecule has 0 aliphatic rings. The van der Waals surface area contributed by atoms with Crippen LogP contribution in [0.3, 0.4) is 0 Å². The van der Waals surface area contributed by atoms with Crippen LogP contribution < -0.4 is 5.32 Å². The topological polar surface area (TPSA) is 66.4 Å². The average Bonchev–Trinajstić information content (AvgIpc) is 2.78. The second-order valence-electron chi connectivity index (χ2n) is 4.37. The van der Waals surface area contributed by atoms with E-state index in [1.54, 1.807) is 5.38 Å². The van der Waals surface area contributed by atoms with E-state index in [1.165, 1.54) is 16.7 Å². The Balaban J connectivity index is 2.54. The summed E-state index contributed by atoms with van der Waals surface area (Å²) in [4.78, 5) is 22.8. The molecule has 0 saturated heterocycles. The van der Waals surface area contributed by atoms with Crippen molar-refractivity contribution in [3.05, 3.63) is 21.9 Å². The number of unbranched alkanes of at least 4 members (excludes halogenated alkanes) is 2. The smallest absolute Gasteiger partial charge is 0.337 e. The predicted molar refractivity (Wildman–Crippen MR) is 72.3 cm³/mol. The SMILES string of the molecule is CCCCCC(C)NC(=O)c1cscc1C(=O)O. The first-order chi connectivity index (χ1) is 8.56. The molecule has 1 amide bonds. The Kier molecular flexibility index (Phi) is 5.85. The minimum atomic E-state index is -1.06. The van der Waals surface area contributed by atoms with E-state index in [0.29, 0.717) is 0 Å². The monoisotopic (exact) mass is 269 g/mol. The van der Waals surface area contributed by atoms with Crippen LogP contribution in [0.15, 0.2) is 10.8 Å². The van der Waals surface area contributed by atoms with Crippen molar-refractivity contribution in [1.29, 1.82) is 0 Å². The molecule has 2 N–H and O–H groups in total. The number of hydrogen-bond donors (Lipinski definition) is 2. The number of nitrogens with one attached hydrogen (secondary N) is 1. The number of thiophene rings is 1. The molecular formula is C13H19NO3S. The van der Waals surface area contributed by atoms with Crippen LogP contribution >= 0.6 is 11.3 Å². The molecule has 0 spiro atoms. The highest BCUT2D eigenvalue weighted by Crippen LogP contribution is 2.15. The lowest BCUT2D eigenvalue weighted by Crippen LogP contribution is -2.33. The third-order valence-corrected chi connectivity index (χ3v) is 3.50. The summed E-state index contributed by atoms with van der Waals surface area (Å²) in [6.45, 7) is 4.08. The van der Waals surface area contributed by atoms with Crippen LogP contribution in [-0.2, 0) is 0 Å². The Morgan fingerprint density at radius 2 is 2.00 bits per heavy atom. The van der Waals surface area contributed by atoms with Crippen LogP contribution in [0, 0.1) is 0 Å². The van der Waals surface area contributed by atoms with Crippen LogP contribution in [-0.4, -0.2) is 23.0 Å². The molecular weight excluding hydrogens is 250 g/mol. The summed E-state index contributed by atoms with van der Waals surface area (Å²) in [7, 11) is 0. The van der Waals surface area contributed by atoms with Gasteiger partial charge in [0.25, 0.3) is 5.91 Å². The van der Waals surface area contributed by atoms with Crippen molar-refractivity contribution in [1.82, 2.24) is 5.32 Å². The molecule has 0 bridgehead atoms. The van der Waals surface area contributed by atoms with Crippen LogP contribution in [0.25, 0.3) is 0 Å². The van der Waals surface area contributed by atoms with E-state index in [1.807, 2.05) is 6.92 Å². The van der Waals surface area contributed by atoms with Crippen molar-refractivity contribution >= 4 is 23.2 Å². The zero-order valence-electron chi connectivity index (χ0n) is 10.7. The van der Waals surface area contributed by atoms with Gasteiger partial charge >= 0.3 is 5.97 Å². The Hall–Kier alpha value is -1.36. The lowest BCUT2D eigenvalue weighted by atomic mass is 10.1. The average molecular weight is 269 g/mol. The van der Waals surface area contributed by atoms with E-state index in [4.69, 9.17) is 5.11 Å². The molecule has 1 rings (SSSR count). The summed E-state index contributed by atoms with van der Waals surface area (Å²) in [5.74, 6) is -1.35. The van der Waals surface area contributed by atoms with Gasteiger partial charge in [0, 0.05) is 16.8 Å². The minimum Gasteiger partial charge on any atom is -0.478 e. The Bertz CT molecular complexity index is 414. The van der Waals surface area contributed by atoms with Gasteiger partial charge in [-0.25, -0.2) is 4.79 Å². The molecule has 0 saturated carbocycles. The highest BCUT2D eigenvalue weighted by atomic mass is 32.1. The Morgan fingerprint density at radius 1 is 1.33 bits per heavy atom. The van der Waals surface area contributed by atoms with E-state index < -0.39 is 5.97 Å². The van der Waals surface area contributed by atoms with E-state index in [9.17, 15) is 9.59 Å². The molecule has 18 heavy (non-hydrogen) atoms. The van der Waals surface area contributed by atoms with Gasteiger partial charge in [0.15, 0.2) is 0 Å². The van der Waals surface area contributed by atoms with Gasteiger partial charge in [0.2, 0.25) is 0 Å². The van der Waals surface area contributed by atoms with Gasteiger partial charge in [-0.3, -0.25) is 4.79 Å². The summed E-state index contributed by atoms with van der Waals surface area (Å²) in [6.07, 6.45) is 4.30. The summed E-state index contributed by atoms with van der Waals surface area (Å²) < 4.78 is 0. The van der Waals surface area contributed by atoms with Gasteiger partial charge in [0.05, 0.1) is 11.1 Å². The van der Waals surface area contributed by atoms with Crippen molar-refractivity contribution in [2.75, 3.05) is 0 Å². The summed E-state index contributed by atoms with van der Waals surface area (Å²) >= 11 is 1.23. The van der Waals surface area contributed by atoms with Gasteiger partial charge in [-0.05, 0) is 13.3 Å². The fourth-order valence-corrected chi connectivity index (χ4v) is 2.51. The number of carboxylic acids is 1. The first-order valence-electron chi connectivity index (χ1n) is 6.16. The van der Waals surface area contributed by atoms with Crippen LogP contribution in [0.5, 0.6) is 0 Å². The number of hydrogen-bond acceptors (Lipinski definition) is 3. The number of carbonyl (C=O) groups excluding carboxylic acids is 1. The second-order valence-corrected chi connectivity index (χ2v) is 5.12. The fourth-order valence-electron chi connectivity index (χ4n) is 1.71. The Morgan fingerprint density at radius 3 is 2.61 bits per heavy atom. The molecule has 5 heteroatoms. The highest BCUT2D eigenvalue weighted by molar-refractivity contribution is 7.08. The van der Waals surface area contributed by atoms with Gasteiger partial charge in [-0.15, -0.1) is 0 Å². The van der Waals surface area contributed by atoms with Crippen molar-refractivity contribution in [3.63, 3.8) is 0 Å². The number of carbonyl (C=O) groups is 2. The molecule has 1 atom stereocenters. The van der Waals surface area contributed by atoms with E-state index in [0.717, 1.165) is 25.7 Å². The first kappa shape index (κ1) is 14.7. The summed E-state index contributed by atoms with van der Waals surface area (Å²) in [5, 5.41) is 14.8. The zero-order valence-corrected chi connectivity index (χ0v) is 11.5. The Labute approximate surface area is 111 Å². The molecule has 1 heterocycles. The highest BCUT2D eigenvalue weighted by Gasteiger charge is 2.18. The summed E-state index contributed by atoms with van der Waals surface area (Å²) in [6, 6.07) is 0.0746. The molecule has 1 aromatic heterocycles. The number of amides is 1. The lowest BCUT2D eigenvalue weighted by Gasteiger charge is -2.13. The van der Waals surface area contributed by atoms with Gasteiger partial charge < -0.3 is 10.4 Å². The largest absolute Gasteiger partial charge is 0.478 e. The maximum atomic E-state index is 11.9. The van der Waals surface area contributed by atoms with E-state index in [2.05, 4.69) is 12.2 Å². The molecule has 0 radical (unpaired) electrons. The number of carboxylic acid groups (broad SMARTS) is 1. The van der Waals surface area contributed by atoms with Crippen molar-refractivity contribution in [2.24, 2.45) is 0 Å². The zero-order chi connectivity index (χ0) is 13.5. The van der Waals surface area contributed by atoms with E-state index in [-0.39, 0.29) is 23.1 Å².